The van der Waals surface area contributed by atoms with Crippen LogP contribution in [-0.2, 0) is 0 Å². The van der Waals surface area contributed by atoms with E-state index in [-0.39, 0.29) is 6.03 Å². The minimum Gasteiger partial charge on any atom is -0.336 e. The first-order valence-electron chi connectivity index (χ1n) is 5.47. The Morgan fingerprint density at radius 2 is 2.43 bits per heavy atom. The number of nitrogens with zero attached hydrogens (tertiary/aromatic N) is 1. The second-order valence-corrected chi connectivity index (χ2v) is 3.94. The van der Waals surface area contributed by atoms with Gasteiger partial charge in [0.15, 0.2) is 0 Å². The summed E-state index contributed by atoms with van der Waals surface area (Å²) >= 11 is 0. The first-order chi connectivity index (χ1) is 6.74. The summed E-state index contributed by atoms with van der Waals surface area (Å²) in [6, 6.07) is 0.0790. The summed E-state index contributed by atoms with van der Waals surface area (Å²) in [6.45, 7) is 8.84. The molecule has 1 rings (SSSR count). The van der Waals surface area contributed by atoms with Crippen LogP contribution in [-0.4, -0.2) is 43.7 Å². The van der Waals surface area contributed by atoms with Crippen molar-refractivity contribution in [1.29, 1.82) is 0 Å². The maximum absolute atomic E-state index is 11.1. The summed E-state index contributed by atoms with van der Waals surface area (Å²) in [5.74, 6) is 0.724. The van der Waals surface area contributed by atoms with E-state index in [2.05, 4.69) is 24.5 Å². The lowest BCUT2D eigenvalue weighted by molar-refractivity contribution is 0.217. The normalized spacial score (nSPS) is 18.4. The van der Waals surface area contributed by atoms with Crippen LogP contribution in [0.3, 0.4) is 0 Å². The predicted octanol–water partition coefficient (Wildman–Crippen LogP) is 0.647. The van der Waals surface area contributed by atoms with E-state index in [1.807, 2.05) is 4.90 Å². The molecule has 1 aliphatic rings. The summed E-state index contributed by atoms with van der Waals surface area (Å²) in [4.78, 5) is 13.0. The number of carbonyl (C=O) groups excluding carboxylic acids is 1. The highest BCUT2D eigenvalue weighted by Crippen LogP contribution is 1.98. The molecule has 0 bridgehead atoms. The fraction of sp³-hybridized carbons (Fsp3) is 0.900. The molecular formula is C10H21N3O. The maximum Gasteiger partial charge on any atom is 0.317 e. The molecule has 0 aromatic carbocycles. The van der Waals surface area contributed by atoms with Crippen LogP contribution in [0.4, 0.5) is 4.79 Å². The van der Waals surface area contributed by atoms with Gasteiger partial charge >= 0.3 is 6.03 Å². The van der Waals surface area contributed by atoms with Gasteiger partial charge in [0.1, 0.15) is 0 Å². The van der Waals surface area contributed by atoms with Crippen LogP contribution >= 0.6 is 0 Å². The quantitative estimate of drug-likeness (QED) is 0.617. The van der Waals surface area contributed by atoms with E-state index in [9.17, 15) is 4.79 Å². The Kier molecular flexibility index (Phi) is 4.73. The molecule has 82 valence electrons. The first kappa shape index (κ1) is 11.3. The minimum atomic E-state index is 0.0790. The Bertz CT molecular complexity index is 184. The fourth-order valence-corrected chi connectivity index (χ4v) is 1.43. The van der Waals surface area contributed by atoms with Crippen molar-refractivity contribution in [3.8, 4) is 0 Å². The molecule has 14 heavy (non-hydrogen) atoms. The zero-order chi connectivity index (χ0) is 10.4. The van der Waals surface area contributed by atoms with Crippen LogP contribution in [0.2, 0.25) is 0 Å². The van der Waals surface area contributed by atoms with Crippen molar-refractivity contribution in [3.63, 3.8) is 0 Å². The number of hydrogen-bond donors (Lipinski definition) is 2. The highest BCUT2D eigenvalue weighted by Gasteiger charge is 2.17. The van der Waals surface area contributed by atoms with Gasteiger partial charge in [-0.1, -0.05) is 20.3 Å². The molecule has 1 saturated heterocycles. The fourth-order valence-electron chi connectivity index (χ4n) is 1.43. The summed E-state index contributed by atoms with van der Waals surface area (Å²) < 4.78 is 0. The largest absolute Gasteiger partial charge is 0.336 e. The topological polar surface area (TPSA) is 44.4 Å². The Morgan fingerprint density at radius 1 is 1.64 bits per heavy atom. The molecule has 4 nitrogen and oxygen atoms in total. The average Bonchev–Trinajstić information content (AvgIpc) is 2.58. The van der Waals surface area contributed by atoms with Crippen LogP contribution in [0.15, 0.2) is 0 Å². The monoisotopic (exact) mass is 199 g/mol. The number of amides is 2. The second kappa shape index (κ2) is 5.86. The SMILES string of the molecule is CCC(C)CNCCN1CCNC1=O. The number of carbonyl (C=O) groups is 1. The molecule has 1 heterocycles. The third-order valence-corrected chi connectivity index (χ3v) is 2.69. The summed E-state index contributed by atoms with van der Waals surface area (Å²) in [5, 5.41) is 6.15. The summed E-state index contributed by atoms with van der Waals surface area (Å²) in [6.07, 6.45) is 1.21. The van der Waals surface area contributed by atoms with E-state index >= 15 is 0 Å². The molecule has 0 radical (unpaired) electrons. The van der Waals surface area contributed by atoms with E-state index in [0.717, 1.165) is 38.6 Å². The van der Waals surface area contributed by atoms with Gasteiger partial charge in [0, 0.05) is 26.2 Å². The predicted molar refractivity (Wildman–Crippen MR) is 57.3 cm³/mol. The van der Waals surface area contributed by atoms with E-state index in [0.29, 0.717) is 0 Å². The smallest absolute Gasteiger partial charge is 0.317 e. The molecular weight excluding hydrogens is 178 g/mol. The van der Waals surface area contributed by atoms with Crippen molar-refractivity contribution in [2.45, 2.75) is 20.3 Å². The van der Waals surface area contributed by atoms with Crippen molar-refractivity contribution >= 4 is 6.03 Å². The molecule has 0 spiro atoms. The van der Waals surface area contributed by atoms with Gasteiger partial charge in [-0.3, -0.25) is 0 Å². The van der Waals surface area contributed by atoms with E-state index in [1.165, 1.54) is 6.42 Å². The van der Waals surface area contributed by atoms with E-state index < -0.39 is 0 Å². The summed E-state index contributed by atoms with van der Waals surface area (Å²) in [7, 11) is 0. The van der Waals surface area contributed by atoms with E-state index in [4.69, 9.17) is 0 Å². The molecule has 0 aromatic rings. The van der Waals surface area contributed by atoms with Gasteiger partial charge in [-0.05, 0) is 12.5 Å². The number of rotatable bonds is 6. The zero-order valence-corrected chi connectivity index (χ0v) is 9.18. The lowest BCUT2D eigenvalue weighted by Crippen LogP contribution is -2.35. The third kappa shape index (κ3) is 3.54. The lowest BCUT2D eigenvalue weighted by Gasteiger charge is -2.15. The molecule has 0 aromatic heterocycles. The van der Waals surface area contributed by atoms with Crippen molar-refractivity contribution < 1.29 is 4.79 Å². The molecule has 1 fully saturated rings. The van der Waals surface area contributed by atoms with Crippen molar-refractivity contribution in [2.24, 2.45) is 5.92 Å². The number of urea groups is 1. The molecule has 1 aliphatic heterocycles. The molecule has 0 aliphatic carbocycles. The Balaban J connectivity index is 2.01. The Hall–Kier alpha value is -0.770. The maximum atomic E-state index is 11.1. The molecule has 1 atom stereocenters. The standard InChI is InChI=1S/C10H21N3O/c1-3-9(2)8-11-4-6-13-7-5-12-10(13)14/h9,11H,3-8H2,1-2H3,(H,12,14). The van der Waals surface area contributed by atoms with Gasteiger partial charge in [-0.25, -0.2) is 4.79 Å². The van der Waals surface area contributed by atoms with Gasteiger partial charge in [0.2, 0.25) is 0 Å². The summed E-state index contributed by atoms with van der Waals surface area (Å²) in [5.41, 5.74) is 0. The highest BCUT2D eigenvalue weighted by molar-refractivity contribution is 5.76. The molecule has 0 saturated carbocycles. The Morgan fingerprint density at radius 3 is 3.00 bits per heavy atom. The number of hydrogen-bond acceptors (Lipinski definition) is 2. The molecule has 4 heteroatoms. The third-order valence-electron chi connectivity index (χ3n) is 2.69. The van der Waals surface area contributed by atoms with Crippen molar-refractivity contribution in [2.75, 3.05) is 32.7 Å². The molecule has 1 unspecified atom stereocenters. The van der Waals surface area contributed by atoms with Crippen molar-refractivity contribution in [3.05, 3.63) is 0 Å². The lowest BCUT2D eigenvalue weighted by atomic mass is 10.1. The number of nitrogens with one attached hydrogen (secondary N) is 2. The molecule has 2 N–H and O–H groups in total. The van der Waals surface area contributed by atoms with E-state index in [1.54, 1.807) is 0 Å². The van der Waals surface area contributed by atoms with Crippen LogP contribution in [0.1, 0.15) is 20.3 Å². The van der Waals surface area contributed by atoms with Gasteiger partial charge < -0.3 is 15.5 Å². The van der Waals surface area contributed by atoms with Crippen molar-refractivity contribution in [1.82, 2.24) is 15.5 Å². The van der Waals surface area contributed by atoms with Gasteiger partial charge in [-0.15, -0.1) is 0 Å². The zero-order valence-electron chi connectivity index (χ0n) is 9.18. The van der Waals surface area contributed by atoms with Crippen LogP contribution in [0.5, 0.6) is 0 Å². The van der Waals surface area contributed by atoms with Gasteiger partial charge in [-0.2, -0.15) is 0 Å². The minimum absolute atomic E-state index is 0.0790. The van der Waals surface area contributed by atoms with Gasteiger partial charge in [0.05, 0.1) is 0 Å². The highest BCUT2D eigenvalue weighted by atomic mass is 16.2. The van der Waals surface area contributed by atoms with Crippen LogP contribution < -0.4 is 10.6 Å². The molecule has 2 amide bonds. The average molecular weight is 199 g/mol. The van der Waals surface area contributed by atoms with Gasteiger partial charge in [0.25, 0.3) is 0 Å². The van der Waals surface area contributed by atoms with Crippen LogP contribution in [0.25, 0.3) is 0 Å². The first-order valence-corrected chi connectivity index (χ1v) is 5.47. The van der Waals surface area contributed by atoms with Crippen LogP contribution in [0, 0.1) is 5.92 Å². The Labute approximate surface area is 86.0 Å². The second-order valence-electron chi connectivity index (χ2n) is 3.94.